The zero-order chi connectivity index (χ0) is 12.4. The number of rotatable bonds is 3. The number of aromatic nitrogens is 2. The number of hydrogen-bond acceptors (Lipinski definition) is 5. The van der Waals surface area contributed by atoms with Crippen LogP contribution in [0.25, 0.3) is 0 Å². The average Bonchev–Trinajstić information content (AvgIpc) is 2.75. The second kappa shape index (κ2) is 4.50. The summed E-state index contributed by atoms with van der Waals surface area (Å²) in [6.07, 6.45) is 0. The Morgan fingerprint density at radius 1 is 1.47 bits per heavy atom. The molecule has 6 heteroatoms. The van der Waals surface area contributed by atoms with Gasteiger partial charge in [-0.2, -0.15) is 4.37 Å². The fourth-order valence-corrected chi connectivity index (χ4v) is 2.07. The lowest BCUT2D eigenvalue weighted by Crippen LogP contribution is -2.13. The second-order valence-electron chi connectivity index (χ2n) is 3.65. The Balaban J connectivity index is 2.33. The summed E-state index contributed by atoms with van der Waals surface area (Å²) < 4.78 is 4.14. The van der Waals surface area contributed by atoms with Gasteiger partial charge in [0.25, 0.3) is 0 Å². The number of nitrogens with zero attached hydrogens (tertiary/aromatic N) is 3. The van der Waals surface area contributed by atoms with Crippen LogP contribution < -0.4 is 10.6 Å². The van der Waals surface area contributed by atoms with Crippen LogP contribution in [0.5, 0.6) is 0 Å². The Labute approximate surface area is 104 Å². The third kappa shape index (κ3) is 2.42. The minimum atomic E-state index is 0.0636. The summed E-state index contributed by atoms with van der Waals surface area (Å²) >= 11 is 1.35. The smallest absolute Gasteiger partial charge is 0.209 e. The number of aryl methyl sites for hydroxylation is 1. The first-order valence-electron chi connectivity index (χ1n) is 5.06. The van der Waals surface area contributed by atoms with E-state index in [2.05, 4.69) is 9.36 Å². The molecule has 0 aliphatic rings. The maximum atomic E-state index is 7.42. The number of amidine groups is 1. The van der Waals surface area contributed by atoms with Crippen molar-refractivity contribution in [3.05, 3.63) is 35.7 Å². The van der Waals surface area contributed by atoms with Gasteiger partial charge in [0.1, 0.15) is 11.7 Å². The largest absolute Gasteiger partial charge is 0.384 e. The van der Waals surface area contributed by atoms with Crippen LogP contribution in [0.15, 0.2) is 24.3 Å². The third-order valence-corrected chi connectivity index (χ3v) is 3.23. The highest BCUT2D eigenvalue weighted by atomic mass is 32.1. The maximum Gasteiger partial charge on any atom is 0.209 e. The summed E-state index contributed by atoms with van der Waals surface area (Å²) in [6.45, 7) is 1.86. The molecule has 0 unspecified atom stereocenters. The molecule has 0 spiro atoms. The molecule has 0 saturated heterocycles. The van der Waals surface area contributed by atoms with Crippen molar-refractivity contribution in [3.63, 3.8) is 0 Å². The van der Waals surface area contributed by atoms with Crippen molar-refractivity contribution in [3.8, 4) is 0 Å². The molecule has 0 atom stereocenters. The van der Waals surface area contributed by atoms with E-state index in [9.17, 15) is 0 Å². The van der Waals surface area contributed by atoms with Crippen LogP contribution in [0.1, 0.15) is 11.4 Å². The number of nitrogens with one attached hydrogen (secondary N) is 1. The first-order chi connectivity index (χ1) is 8.08. The van der Waals surface area contributed by atoms with Gasteiger partial charge in [-0.1, -0.05) is 12.1 Å². The van der Waals surface area contributed by atoms with Gasteiger partial charge >= 0.3 is 0 Å². The van der Waals surface area contributed by atoms with Crippen molar-refractivity contribution in [2.24, 2.45) is 5.73 Å². The molecule has 0 radical (unpaired) electrons. The fourth-order valence-electron chi connectivity index (χ4n) is 1.41. The second-order valence-corrected chi connectivity index (χ2v) is 4.38. The van der Waals surface area contributed by atoms with Crippen molar-refractivity contribution >= 4 is 28.2 Å². The van der Waals surface area contributed by atoms with Gasteiger partial charge in [-0.25, -0.2) is 4.98 Å². The first-order valence-corrected chi connectivity index (χ1v) is 5.84. The maximum absolute atomic E-state index is 7.42. The number of nitrogens with two attached hydrogens (primary N) is 1. The monoisotopic (exact) mass is 247 g/mol. The summed E-state index contributed by atoms with van der Waals surface area (Å²) in [4.78, 5) is 6.24. The number of hydrogen-bond donors (Lipinski definition) is 2. The van der Waals surface area contributed by atoms with E-state index in [1.165, 1.54) is 11.5 Å². The molecule has 0 bridgehead atoms. The van der Waals surface area contributed by atoms with Crippen LogP contribution in [0.2, 0.25) is 0 Å². The fraction of sp³-hybridized carbons (Fsp3) is 0.182. The molecule has 3 N–H and O–H groups in total. The van der Waals surface area contributed by atoms with Crippen molar-refractivity contribution in [2.75, 3.05) is 11.9 Å². The highest BCUT2D eigenvalue weighted by Gasteiger charge is 2.09. The third-order valence-electron chi connectivity index (χ3n) is 2.35. The quantitative estimate of drug-likeness (QED) is 0.641. The Bertz CT molecular complexity index is 548. The van der Waals surface area contributed by atoms with Gasteiger partial charge in [-0.05, 0) is 19.1 Å². The van der Waals surface area contributed by atoms with Crippen LogP contribution >= 0.6 is 11.5 Å². The number of benzene rings is 1. The molecule has 17 heavy (non-hydrogen) atoms. The van der Waals surface area contributed by atoms with E-state index in [0.717, 1.165) is 16.6 Å². The summed E-state index contributed by atoms with van der Waals surface area (Å²) in [7, 11) is 1.92. The molecule has 0 aliphatic heterocycles. The van der Waals surface area contributed by atoms with Crippen LogP contribution in [0.3, 0.4) is 0 Å². The molecular formula is C11H13N5S. The molecule has 1 aromatic carbocycles. The lowest BCUT2D eigenvalue weighted by Gasteiger charge is -2.15. The van der Waals surface area contributed by atoms with E-state index < -0.39 is 0 Å². The van der Waals surface area contributed by atoms with Crippen LogP contribution in [-0.4, -0.2) is 22.2 Å². The van der Waals surface area contributed by atoms with Gasteiger partial charge in [-0.15, -0.1) is 0 Å². The number of nitrogen functional groups attached to an aromatic ring is 1. The zero-order valence-electron chi connectivity index (χ0n) is 9.64. The van der Waals surface area contributed by atoms with Crippen LogP contribution in [0, 0.1) is 12.3 Å². The molecule has 0 aliphatic carbocycles. The van der Waals surface area contributed by atoms with Crippen molar-refractivity contribution in [1.82, 2.24) is 9.36 Å². The van der Waals surface area contributed by atoms with E-state index >= 15 is 0 Å². The van der Waals surface area contributed by atoms with Gasteiger partial charge in [0.05, 0.1) is 0 Å². The Morgan fingerprint density at radius 2 is 2.24 bits per heavy atom. The standard InChI is InChI=1S/C11H13N5S/c1-7-14-11(17-15-7)16(2)9-5-3-4-8(6-9)10(12)13/h3-6H,1-2H3,(H3,12,13). The minimum absolute atomic E-state index is 0.0636. The Morgan fingerprint density at radius 3 is 2.82 bits per heavy atom. The van der Waals surface area contributed by atoms with Gasteiger partial charge < -0.3 is 10.6 Å². The van der Waals surface area contributed by atoms with E-state index in [1.54, 1.807) is 0 Å². The molecule has 88 valence electrons. The van der Waals surface area contributed by atoms with Crippen molar-refractivity contribution in [1.29, 1.82) is 5.41 Å². The average molecular weight is 247 g/mol. The van der Waals surface area contributed by atoms with Gasteiger partial charge in [0.15, 0.2) is 0 Å². The van der Waals surface area contributed by atoms with Crippen molar-refractivity contribution < 1.29 is 0 Å². The molecule has 0 fully saturated rings. The molecule has 0 saturated carbocycles. The van der Waals surface area contributed by atoms with E-state index in [-0.39, 0.29) is 5.84 Å². The highest BCUT2D eigenvalue weighted by molar-refractivity contribution is 7.09. The highest BCUT2D eigenvalue weighted by Crippen LogP contribution is 2.25. The lowest BCUT2D eigenvalue weighted by molar-refractivity contribution is 1.11. The Hall–Kier alpha value is -1.95. The van der Waals surface area contributed by atoms with E-state index in [0.29, 0.717) is 5.56 Å². The summed E-state index contributed by atoms with van der Waals surface area (Å²) in [5.41, 5.74) is 7.11. The van der Waals surface area contributed by atoms with E-state index in [1.807, 2.05) is 43.1 Å². The molecule has 0 amide bonds. The molecule has 1 heterocycles. The van der Waals surface area contributed by atoms with Crippen LogP contribution in [-0.2, 0) is 0 Å². The molecule has 1 aromatic heterocycles. The first kappa shape index (κ1) is 11.5. The van der Waals surface area contributed by atoms with Gasteiger partial charge in [0, 0.05) is 29.8 Å². The van der Waals surface area contributed by atoms with E-state index in [4.69, 9.17) is 11.1 Å². The Kier molecular flexibility index (Phi) is 3.06. The minimum Gasteiger partial charge on any atom is -0.384 e. The van der Waals surface area contributed by atoms with Gasteiger partial charge in [0.2, 0.25) is 5.13 Å². The predicted molar refractivity (Wildman–Crippen MR) is 70.2 cm³/mol. The molecule has 2 aromatic rings. The SMILES string of the molecule is Cc1nsc(N(C)c2cccc(C(=N)N)c2)n1. The number of anilines is 2. The lowest BCUT2D eigenvalue weighted by atomic mass is 10.2. The molecule has 2 rings (SSSR count). The topological polar surface area (TPSA) is 78.9 Å². The normalized spacial score (nSPS) is 10.2. The summed E-state index contributed by atoms with van der Waals surface area (Å²) in [5.74, 6) is 0.827. The zero-order valence-corrected chi connectivity index (χ0v) is 10.5. The summed E-state index contributed by atoms with van der Waals surface area (Å²) in [5, 5.41) is 8.24. The van der Waals surface area contributed by atoms with Gasteiger partial charge in [-0.3, -0.25) is 5.41 Å². The molecular weight excluding hydrogens is 234 g/mol. The molecule has 5 nitrogen and oxygen atoms in total. The predicted octanol–water partition coefficient (Wildman–Crippen LogP) is 1.90. The van der Waals surface area contributed by atoms with Crippen LogP contribution in [0.4, 0.5) is 10.8 Å². The van der Waals surface area contributed by atoms with Crippen molar-refractivity contribution in [2.45, 2.75) is 6.92 Å². The summed E-state index contributed by atoms with van der Waals surface area (Å²) in [6, 6.07) is 7.49.